The Morgan fingerprint density at radius 3 is 1.89 bits per heavy atom. The van der Waals surface area contributed by atoms with Gasteiger partial charge in [-0.25, -0.2) is 12.8 Å². The number of hydrogen-bond acceptors (Lipinski definition) is 3. The van der Waals surface area contributed by atoms with Crippen molar-refractivity contribution in [2.45, 2.75) is 24.9 Å². The number of carbonyl (C=O) groups is 1. The molecule has 2 aromatic rings. The summed E-state index contributed by atoms with van der Waals surface area (Å²) in [5, 5.41) is 0. The Labute approximate surface area is 158 Å². The lowest BCUT2D eigenvalue weighted by Crippen LogP contribution is -2.74. The van der Waals surface area contributed by atoms with Gasteiger partial charge in [-0.1, -0.05) is 36.4 Å². The second kappa shape index (κ2) is 6.42. The molecule has 2 aliphatic rings. The molecule has 142 valence electrons. The fourth-order valence-corrected chi connectivity index (χ4v) is 5.21. The summed E-state index contributed by atoms with van der Waals surface area (Å²) in [6, 6.07) is 14.1. The van der Waals surface area contributed by atoms with Gasteiger partial charge in [0, 0.05) is 25.9 Å². The summed E-state index contributed by atoms with van der Waals surface area (Å²) >= 11 is 0. The number of piperidine rings is 1. The molecule has 2 aromatic carbocycles. The van der Waals surface area contributed by atoms with Gasteiger partial charge < -0.3 is 4.90 Å². The molecule has 0 spiro atoms. The quantitative estimate of drug-likeness (QED) is 0.812. The molecule has 2 fully saturated rings. The van der Waals surface area contributed by atoms with E-state index in [0.29, 0.717) is 13.1 Å². The van der Waals surface area contributed by atoms with Crippen LogP contribution in [-0.4, -0.2) is 55.0 Å². The third-order valence-corrected chi connectivity index (χ3v) is 6.87. The van der Waals surface area contributed by atoms with Gasteiger partial charge in [0.05, 0.1) is 18.3 Å². The number of benzene rings is 2. The fraction of sp³-hybridized carbons (Fsp3) is 0.350. The molecule has 7 heteroatoms. The van der Waals surface area contributed by atoms with E-state index < -0.39 is 10.0 Å². The van der Waals surface area contributed by atoms with E-state index in [2.05, 4.69) is 0 Å². The zero-order valence-electron chi connectivity index (χ0n) is 15.2. The van der Waals surface area contributed by atoms with Crippen molar-refractivity contribution in [2.75, 3.05) is 19.3 Å². The summed E-state index contributed by atoms with van der Waals surface area (Å²) in [6.07, 6.45) is 1.21. The highest BCUT2D eigenvalue weighted by Crippen LogP contribution is 2.45. The van der Waals surface area contributed by atoms with Gasteiger partial charge >= 0.3 is 0 Å². The molecule has 2 bridgehead atoms. The van der Waals surface area contributed by atoms with Crippen LogP contribution in [0.5, 0.6) is 0 Å². The standard InChI is InChI=1S/C20H21FN2O3S/c1-13(24)23-18-11-22(27(2,25)26)12-19(23)20(18)16-5-3-14(4-6-16)15-7-9-17(21)10-8-15/h3-10,18-20H,11-12H2,1-2H3/t18-,19+,20?. The molecular formula is C20H21FN2O3S. The normalized spacial score (nSPS) is 25.1. The van der Waals surface area contributed by atoms with Crippen molar-refractivity contribution in [3.05, 3.63) is 59.9 Å². The minimum Gasteiger partial charge on any atom is -0.333 e. The topological polar surface area (TPSA) is 57.7 Å². The first kappa shape index (κ1) is 18.1. The molecule has 0 radical (unpaired) electrons. The van der Waals surface area contributed by atoms with Crippen LogP contribution in [0.1, 0.15) is 18.4 Å². The first-order valence-corrected chi connectivity index (χ1v) is 10.7. The predicted molar refractivity (Wildman–Crippen MR) is 101 cm³/mol. The van der Waals surface area contributed by atoms with Crippen LogP contribution in [0.15, 0.2) is 48.5 Å². The summed E-state index contributed by atoms with van der Waals surface area (Å²) in [6.45, 7) is 2.20. The number of hydrogen-bond donors (Lipinski definition) is 0. The van der Waals surface area contributed by atoms with Gasteiger partial charge in [0.25, 0.3) is 0 Å². The molecule has 3 atom stereocenters. The van der Waals surface area contributed by atoms with Gasteiger partial charge in [0.15, 0.2) is 0 Å². The van der Waals surface area contributed by atoms with Gasteiger partial charge in [-0.05, 0) is 28.8 Å². The van der Waals surface area contributed by atoms with Gasteiger partial charge in [0.2, 0.25) is 15.9 Å². The van der Waals surface area contributed by atoms with Gasteiger partial charge in [-0.15, -0.1) is 0 Å². The maximum Gasteiger partial charge on any atom is 0.220 e. The number of fused-ring (bicyclic) bond motifs is 2. The smallest absolute Gasteiger partial charge is 0.220 e. The summed E-state index contributed by atoms with van der Waals surface area (Å²) < 4.78 is 38.3. The van der Waals surface area contributed by atoms with Crippen LogP contribution in [-0.2, 0) is 14.8 Å². The molecular weight excluding hydrogens is 367 g/mol. The van der Waals surface area contributed by atoms with Crippen LogP contribution in [0.25, 0.3) is 11.1 Å². The molecule has 1 amide bonds. The van der Waals surface area contributed by atoms with E-state index in [-0.39, 0.29) is 29.7 Å². The average molecular weight is 388 g/mol. The first-order chi connectivity index (χ1) is 12.8. The minimum absolute atomic E-state index is 0.0164. The number of sulfonamides is 1. The van der Waals surface area contributed by atoms with Gasteiger partial charge in [0.1, 0.15) is 5.82 Å². The third kappa shape index (κ3) is 3.15. The van der Waals surface area contributed by atoms with Crippen molar-refractivity contribution < 1.29 is 17.6 Å². The number of rotatable bonds is 3. The van der Waals surface area contributed by atoms with E-state index in [1.54, 1.807) is 17.0 Å². The zero-order chi connectivity index (χ0) is 19.3. The highest BCUT2D eigenvalue weighted by molar-refractivity contribution is 7.88. The van der Waals surface area contributed by atoms with Crippen LogP contribution in [0.2, 0.25) is 0 Å². The molecule has 2 aliphatic heterocycles. The molecule has 0 N–H and O–H groups in total. The number of piperazine rings is 1. The van der Waals surface area contributed by atoms with Crippen LogP contribution >= 0.6 is 0 Å². The van der Waals surface area contributed by atoms with E-state index >= 15 is 0 Å². The lowest BCUT2D eigenvalue weighted by atomic mass is 9.72. The largest absolute Gasteiger partial charge is 0.333 e. The molecule has 27 heavy (non-hydrogen) atoms. The van der Waals surface area contributed by atoms with Crippen LogP contribution in [0, 0.1) is 5.82 Å². The molecule has 0 aromatic heterocycles. The SMILES string of the molecule is CC(=O)N1[C@@H]2CN(S(C)(=O)=O)C[C@H]1C2c1ccc(-c2ccc(F)cc2)cc1. The number of amides is 1. The molecule has 2 heterocycles. The lowest BCUT2D eigenvalue weighted by Gasteiger charge is -2.61. The Balaban J connectivity index is 1.58. The van der Waals surface area contributed by atoms with Crippen molar-refractivity contribution in [2.24, 2.45) is 0 Å². The zero-order valence-corrected chi connectivity index (χ0v) is 16.0. The van der Waals surface area contributed by atoms with Crippen molar-refractivity contribution in [1.82, 2.24) is 9.21 Å². The Hall–Kier alpha value is -2.25. The Bertz CT molecular complexity index is 959. The van der Waals surface area contributed by atoms with Crippen LogP contribution < -0.4 is 0 Å². The molecule has 0 saturated carbocycles. The Morgan fingerprint density at radius 1 is 0.963 bits per heavy atom. The molecule has 0 aliphatic carbocycles. The number of nitrogens with zero attached hydrogens (tertiary/aromatic N) is 2. The van der Waals surface area contributed by atoms with Crippen molar-refractivity contribution in [3.63, 3.8) is 0 Å². The maximum atomic E-state index is 13.1. The lowest BCUT2D eigenvalue weighted by molar-refractivity contribution is -0.152. The summed E-state index contributed by atoms with van der Waals surface area (Å²) in [4.78, 5) is 13.8. The highest BCUT2D eigenvalue weighted by Gasteiger charge is 2.56. The predicted octanol–water partition coefficient (Wildman–Crippen LogP) is 2.45. The summed E-state index contributed by atoms with van der Waals surface area (Å²) in [5.74, 6) is -0.149. The van der Waals surface area contributed by atoms with Gasteiger partial charge in [-0.2, -0.15) is 4.31 Å². The van der Waals surface area contributed by atoms with E-state index in [1.807, 2.05) is 24.3 Å². The van der Waals surface area contributed by atoms with Crippen molar-refractivity contribution in [3.8, 4) is 11.1 Å². The first-order valence-electron chi connectivity index (χ1n) is 8.85. The number of carbonyl (C=O) groups excluding carboxylic acids is 1. The Morgan fingerprint density at radius 2 is 1.44 bits per heavy atom. The third-order valence-electron chi connectivity index (χ3n) is 5.63. The minimum atomic E-state index is -3.26. The second-order valence-corrected chi connectivity index (χ2v) is 9.28. The number of halogens is 1. The van der Waals surface area contributed by atoms with E-state index in [0.717, 1.165) is 16.7 Å². The average Bonchev–Trinajstić information content (AvgIpc) is 2.62. The van der Waals surface area contributed by atoms with E-state index in [9.17, 15) is 17.6 Å². The van der Waals surface area contributed by atoms with Gasteiger partial charge in [-0.3, -0.25) is 4.79 Å². The van der Waals surface area contributed by atoms with Crippen LogP contribution in [0.3, 0.4) is 0 Å². The van der Waals surface area contributed by atoms with Crippen LogP contribution in [0.4, 0.5) is 4.39 Å². The fourth-order valence-electron chi connectivity index (χ4n) is 4.36. The maximum absolute atomic E-state index is 13.1. The molecule has 4 rings (SSSR count). The molecule has 2 saturated heterocycles. The molecule has 5 nitrogen and oxygen atoms in total. The second-order valence-electron chi connectivity index (χ2n) is 7.30. The summed E-state index contributed by atoms with van der Waals surface area (Å²) in [5.41, 5.74) is 3.02. The monoisotopic (exact) mass is 388 g/mol. The van der Waals surface area contributed by atoms with E-state index in [4.69, 9.17) is 0 Å². The Kier molecular flexibility index (Phi) is 4.31. The van der Waals surface area contributed by atoms with Crippen molar-refractivity contribution in [1.29, 1.82) is 0 Å². The van der Waals surface area contributed by atoms with E-state index in [1.165, 1.54) is 29.6 Å². The molecule has 1 unspecified atom stereocenters. The van der Waals surface area contributed by atoms with Crippen molar-refractivity contribution >= 4 is 15.9 Å². The highest BCUT2D eigenvalue weighted by atomic mass is 32.2. The summed E-state index contributed by atoms with van der Waals surface area (Å²) in [7, 11) is -3.26.